The van der Waals surface area contributed by atoms with Crippen LogP contribution in [0.25, 0.3) is 0 Å². The van der Waals surface area contributed by atoms with Crippen molar-refractivity contribution in [1.29, 1.82) is 0 Å². The topological polar surface area (TPSA) is 122 Å². The summed E-state index contributed by atoms with van der Waals surface area (Å²) in [4.78, 5) is 26.5. The van der Waals surface area contributed by atoms with Crippen molar-refractivity contribution in [3.8, 4) is 5.75 Å². The van der Waals surface area contributed by atoms with Crippen LogP contribution in [-0.4, -0.2) is 56.6 Å². The third-order valence-electron chi connectivity index (χ3n) is 6.35. The van der Waals surface area contributed by atoms with E-state index in [1.807, 2.05) is 24.3 Å². The van der Waals surface area contributed by atoms with Gasteiger partial charge in [-0.2, -0.15) is 0 Å². The van der Waals surface area contributed by atoms with Crippen LogP contribution in [0.2, 0.25) is 0 Å². The second kappa shape index (κ2) is 12.2. The number of hydrogen-bond acceptors (Lipinski definition) is 7. The van der Waals surface area contributed by atoms with E-state index in [4.69, 9.17) is 4.74 Å². The number of nitrogens with zero attached hydrogens (tertiary/aromatic N) is 3. The highest BCUT2D eigenvalue weighted by Crippen LogP contribution is 2.35. The van der Waals surface area contributed by atoms with Crippen LogP contribution in [0.5, 0.6) is 5.75 Å². The Morgan fingerprint density at radius 3 is 2.42 bits per heavy atom. The molecule has 196 valence electrons. The molecule has 1 atom stereocenters. The highest BCUT2D eigenvalue weighted by atomic mass is 32.2. The van der Waals surface area contributed by atoms with Crippen LogP contribution >= 0.6 is 0 Å². The van der Waals surface area contributed by atoms with Crippen molar-refractivity contribution in [2.45, 2.75) is 51.7 Å². The monoisotopic (exact) mass is 518 g/mol. The third-order valence-corrected chi connectivity index (χ3v) is 7.52. The SMILES string of the molecule is CC[C@@H](C(=O)NCc1ccccc1CN1CCCCC1)N(c1cc([N+](=O)[O-])ccc1OC)S(C)(=O)=O. The summed E-state index contributed by atoms with van der Waals surface area (Å²) in [7, 11) is -2.66. The molecule has 1 saturated heterocycles. The third kappa shape index (κ3) is 6.73. The Morgan fingerprint density at radius 1 is 1.17 bits per heavy atom. The average Bonchev–Trinajstić information content (AvgIpc) is 2.86. The van der Waals surface area contributed by atoms with E-state index in [-0.39, 0.29) is 30.1 Å². The number of nitro groups is 1. The molecule has 1 N–H and O–H groups in total. The minimum Gasteiger partial charge on any atom is -0.495 e. The first kappa shape index (κ1) is 27.4. The average molecular weight is 519 g/mol. The predicted molar refractivity (Wildman–Crippen MR) is 138 cm³/mol. The maximum absolute atomic E-state index is 13.3. The van der Waals surface area contributed by atoms with Crippen LogP contribution < -0.4 is 14.4 Å². The molecule has 0 aromatic heterocycles. The lowest BCUT2D eigenvalue weighted by molar-refractivity contribution is -0.384. The van der Waals surface area contributed by atoms with Crippen LogP contribution in [-0.2, 0) is 27.9 Å². The molecule has 1 heterocycles. The van der Waals surface area contributed by atoms with Crippen molar-refractivity contribution in [3.63, 3.8) is 0 Å². The van der Waals surface area contributed by atoms with E-state index in [1.165, 1.54) is 38.5 Å². The van der Waals surface area contributed by atoms with Crippen molar-refractivity contribution in [3.05, 3.63) is 63.7 Å². The Labute approximate surface area is 212 Å². The molecule has 0 saturated carbocycles. The number of likely N-dealkylation sites (tertiary alicyclic amines) is 1. The standard InChI is InChI=1S/C25H34N4O6S/c1-4-22(28(36(3,33)34)23-16-21(29(31)32)12-13-24(23)35-2)25(30)26-17-19-10-6-7-11-20(19)18-27-14-8-5-9-15-27/h6-7,10-13,16,22H,4-5,8-9,14-15,17-18H2,1-3H3,(H,26,30)/t22-/m0/s1. The van der Waals surface area contributed by atoms with Gasteiger partial charge in [0.1, 0.15) is 17.5 Å². The number of carbonyl (C=O) groups excluding carboxylic acids is 1. The van der Waals surface area contributed by atoms with Gasteiger partial charge >= 0.3 is 0 Å². The number of carbonyl (C=O) groups is 1. The molecule has 0 bridgehead atoms. The van der Waals surface area contributed by atoms with Gasteiger partial charge in [-0.15, -0.1) is 0 Å². The normalized spacial score (nSPS) is 15.2. The van der Waals surface area contributed by atoms with Crippen molar-refractivity contribution in [2.24, 2.45) is 0 Å². The number of sulfonamides is 1. The Morgan fingerprint density at radius 2 is 1.83 bits per heavy atom. The molecule has 36 heavy (non-hydrogen) atoms. The summed E-state index contributed by atoms with van der Waals surface area (Å²) in [6.07, 6.45) is 4.73. The minimum absolute atomic E-state index is 0.0540. The van der Waals surface area contributed by atoms with Crippen molar-refractivity contribution in [1.82, 2.24) is 10.2 Å². The van der Waals surface area contributed by atoms with Gasteiger partial charge in [0.05, 0.1) is 18.3 Å². The molecule has 3 rings (SSSR count). The fourth-order valence-corrected chi connectivity index (χ4v) is 5.75. The zero-order chi connectivity index (χ0) is 26.3. The number of rotatable bonds is 11. The number of methoxy groups -OCH3 is 1. The molecule has 0 radical (unpaired) electrons. The highest BCUT2D eigenvalue weighted by Gasteiger charge is 2.34. The molecule has 10 nitrogen and oxygen atoms in total. The molecule has 1 amide bonds. The first-order valence-corrected chi connectivity index (χ1v) is 13.9. The molecular formula is C25H34N4O6S. The second-order valence-corrected chi connectivity index (χ2v) is 10.8. The second-order valence-electron chi connectivity index (χ2n) is 8.92. The first-order chi connectivity index (χ1) is 17.2. The maximum atomic E-state index is 13.3. The Bertz CT molecular complexity index is 1180. The van der Waals surface area contributed by atoms with Gasteiger partial charge < -0.3 is 10.1 Å². The summed E-state index contributed by atoms with van der Waals surface area (Å²) in [6.45, 7) is 4.82. The number of ether oxygens (including phenoxy) is 1. The minimum atomic E-state index is -4.00. The van der Waals surface area contributed by atoms with Gasteiger partial charge in [0.25, 0.3) is 5.69 Å². The number of non-ortho nitro benzene ring substituents is 1. The van der Waals surface area contributed by atoms with Crippen molar-refractivity contribution >= 4 is 27.3 Å². The number of amides is 1. The first-order valence-electron chi connectivity index (χ1n) is 12.0. The summed E-state index contributed by atoms with van der Waals surface area (Å²) < 4.78 is 31.9. The summed E-state index contributed by atoms with van der Waals surface area (Å²) >= 11 is 0. The van der Waals surface area contributed by atoms with Crippen LogP contribution in [0.4, 0.5) is 11.4 Å². The van der Waals surface area contributed by atoms with E-state index in [2.05, 4.69) is 10.2 Å². The van der Waals surface area contributed by atoms with E-state index < -0.39 is 26.9 Å². The Hall–Kier alpha value is -3.18. The van der Waals surface area contributed by atoms with Crippen LogP contribution in [0.1, 0.15) is 43.7 Å². The van der Waals surface area contributed by atoms with Gasteiger partial charge in [0, 0.05) is 25.2 Å². The lowest BCUT2D eigenvalue weighted by atomic mass is 10.0. The maximum Gasteiger partial charge on any atom is 0.271 e. The number of benzene rings is 2. The van der Waals surface area contributed by atoms with Gasteiger partial charge in [-0.1, -0.05) is 37.6 Å². The number of piperidine rings is 1. The zero-order valence-corrected chi connectivity index (χ0v) is 21.8. The quantitative estimate of drug-likeness (QED) is 0.357. The van der Waals surface area contributed by atoms with E-state index >= 15 is 0 Å². The number of anilines is 1. The smallest absolute Gasteiger partial charge is 0.271 e. The van der Waals surface area contributed by atoms with Gasteiger partial charge in [0.2, 0.25) is 15.9 Å². The largest absolute Gasteiger partial charge is 0.495 e. The summed E-state index contributed by atoms with van der Waals surface area (Å²) in [5.41, 5.74) is 1.72. The van der Waals surface area contributed by atoms with Gasteiger partial charge in [-0.25, -0.2) is 8.42 Å². The summed E-state index contributed by atoms with van der Waals surface area (Å²) in [6, 6.07) is 10.4. The van der Waals surface area contributed by atoms with Crippen LogP contribution in [0.3, 0.4) is 0 Å². The number of nitro benzene ring substituents is 1. The lowest BCUT2D eigenvalue weighted by Gasteiger charge is -2.31. The fourth-order valence-electron chi connectivity index (χ4n) is 4.54. The molecule has 11 heteroatoms. The Balaban J connectivity index is 1.85. The van der Waals surface area contributed by atoms with E-state index in [9.17, 15) is 23.3 Å². The van der Waals surface area contributed by atoms with Crippen molar-refractivity contribution < 1.29 is 22.9 Å². The molecule has 1 aliphatic rings. The van der Waals surface area contributed by atoms with E-state index in [0.29, 0.717) is 0 Å². The molecule has 0 unspecified atom stereocenters. The zero-order valence-electron chi connectivity index (χ0n) is 21.0. The molecule has 2 aromatic rings. The van der Waals surface area contributed by atoms with Gasteiger partial charge in [-0.3, -0.25) is 24.1 Å². The van der Waals surface area contributed by atoms with E-state index in [0.717, 1.165) is 47.4 Å². The fraction of sp³-hybridized carbons (Fsp3) is 0.480. The van der Waals surface area contributed by atoms with Crippen molar-refractivity contribution in [2.75, 3.05) is 30.8 Å². The molecule has 2 aromatic carbocycles. The number of hydrogen-bond donors (Lipinski definition) is 1. The van der Waals surface area contributed by atoms with E-state index in [1.54, 1.807) is 6.92 Å². The molecule has 0 aliphatic carbocycles. The Kier molecular flexibility index (Phi) is 9.27. The molecule has 0 spiro atoms. The van der Waals surface area contributed by atoms with Gasteiger partial charge in [-0.05, 0) is 49.5 Å². The lowest BCUT2D eigenvalue weighted by Crippen LogP contribution is -2.49. The van der Waals surface area contributed by atoms with Crippen LogP contribution in [0, 0.1) is 10.1 Å². The summed E-state index contributed by atoms with van der Waals surface area (Å²) in [5.74, 6) is -0.381. The molecule has 1 aliphatic heterocycles. The van der Waals surface area contributed by atoms with Gasteiger partial charge in [0.15, 0.2) is 0 Å². The van der Waals surface area contributed by atoms with Crippen LogP contribution in [0.15, 0.2) is 42.5 Å². The molecular weight excluding hydrogens is 484 g/mol. The summed E-state index contributed by atoms with van der Waals surface area (Å²) in [5, 5.41) is 14.2. The number of nitrogens with one attached hydrogen (secondary N) is 1. The highest BCUT2D eigenvalue weighted by molar-refractivity contribution is 7.92. The molecule has 1 fully saturated rings. The predicted octanol–water partition coefficient (Wildman–Crippen LogP) is 3.45.